The Morgan fingerprint density at radius 3 is 2.09 bits per heavy atom. The van der Waals surface area contributed by atoms with E-state index in [1.807, 2.05) is 48.5 Å². The Morgan fingerprint density at radius 2 is 1.47 bits per heavy atom. The number of benzene rings is 3. The molecule has 174 valence electrons. The van der Waals surface area contributed by atoms with E-state index in [1.54, 1.807) is 12.1 Å². The molecule has 0 aliphatic heterocycles. The van der Waals surface area contributed by atoms with Crippen LogP contribution in [0.25, 0.3) is 11.1 Å². The van der Waals surface area contributed by atoms with Gasteiger partial charge in [0.05, 0.1) is 11.3 Å². The summed E-state index contributed by atoms with van der Waals surface area (Å²) in [5, 5.41) is 23.2. The van der Waals surface area contributed by atoms with Crippen LogP contribution in [0.3, 0.4) is 0 Å². The monoisotopic (exact) mass is 460 g/mol. The lowest BCUT2D eigenvalue weighted by molar-refractivity contribution is -0.139. The first-order valence-electron chi connectivity index (χ1n) is 10.8. The number of fused-ring (bicyclic) bond motifs is 3. The van der Waals surface area contributed by atoms with Crippen LogP contribution in [-0.4, -0.2) is 47.4 Å². The molecule has 1 aliphatic rings. The van der Waals surface area contributed by atoms with Crippen LogP contribution in [0.2, 0.25) is 0 Å². The summed E-state index contributed by atoms with van der Waals surface area (Å²) in [7, 11) is 0. The standard InChI is InChI=1S/C26H24N2O6/c29-14-13-23(25(31)32)27-24(30)20-11-5-6-12-22(20)28-26(33)34-15-21-18-9-3-1-7-16(18)17-8-2-4-10-19(17)21/h1-12,21,23,29H,13-15H2,(H,27,30)(H,28,33)(H,31,32). The number of aliphatic hydroxyl groups is 1. The fourth-order valence-electron chi connectivity index (χ4n) is 4.16. The van der Waals surface area contributed by atoms with Crippen molar-refractivity contribution < 1.29 is 29.3 Å². The van der Waals surface area contributed by atoms with Crippen molar-refractivity contribution in [2.24, 2.45) is 0 Å². The Hall–Kier alpha value is -4.17. The lowest BCUT2D eigenvalue weighted by Gasteiger charge is -2.17. The minimum atomic E-state index is -1.26. The average molecular weight is 460 g/mol. The normalized spacial score (nSPS) is 12.9. The SMILES string of the molecule is O=C(Nc1ccccc1C(=O)NC(CCO)C(=O)O)OCC1c2ccccc2-c2ccccc21. The minimum Gasteiger partial charge on any atom is -0.480 e. The molecule has 0 bridgehead atoms. The molecule has 0 fully saturated rings. The second-order valence-corrected chi connectivity index (χ2v) is 7.87. The number of aliphatic hydroxyl groups excluding tert-OH is 1. The van der Waals surface area contributed by atoms with E-state index in [0.29, 0.717) is 0 Å². The summed E-state index contributed by atoms with van der Waals surface area (Å²) in [4.78, 5) is 36.5. The van der Waals surface area contributed by atoms with Crippen LogP contribution in [-0.2, 0) is 9.53 Å². The van der Waals surface area contributed by atoms with Gasteiger partial charge in [0.15, 0.2) is 0 Å². The summed E-state index contributed by atoms with van der Waals surface area (Å²) >= 11 is 0. The second kappa shape index (κ2) is 10.2. The summed E-state index contributed by atoms with van der Waals surface area (Å²) in [5.74, 6) is -2.05. The van der Waals surface area contributed by atoms with Crippen LogP contribution >= 0.6 is 0 Å². The Balaban J connectivity index is 1.45. The first-order chi connectivity index (χ1) is 16.5. The van der Waals surface area contributed by atoms with Crippen molar-refractivity contribution in [3.05, 3.63) is 89.5 Å². The number of para-hydroxylation sites is 1. The molecular formula is C26H24N2O6. The molecule has 0 spiro atoms. The molecule has 0 saturated carbocycles. The zero-order valence-electron chi connectivity index (χ0n) is 18.2. The maximum atomic E-state index is 12.6. The third-order valence-electron chi connectivity index (χ3n) is 5.77. The molecule has 8 nitrogen and oxygen atoms in total. The number of hydrogen-bond donors (Lipinski definition) is 4. The first-order valence-corrected chi connectivity index (χ1v) is 10.8. The van der Waals surface area contributed by atoms with Crippen molar-refractivity contribution in [1.29, 1.82) is 0 Å². The van der Waals surface area contributed by atoms with Crippen LogP contribution in [0, 0.1) is 0 Å². The highest BCUT2D eigenvalue weighted by Gasteiger charge is 2.29. The largest absolute Gasteiger partial charge is 0.480 e. The summed E-state index contributed by atoms with van der Waals surface area (Å²) < 4.78 is 5.53. The topological polar surface area (TPSA) is 125 Å². The summed E-state index contributed by atoms with van der Waals surface area (Å²) in [6.45, 7) is -0.275. The van der Waals surface area contributed by atoms with Crippen LogP contribution < -0.4 is 10.6 Å². The van der Waals surface area contributed by atoms with Crippen molar-refractivity contribution in [2.75, 3.05) is 18.5 Å². The van der Waals surface area contributed by atoms with E-state index in [1.165, 1.54) is 12.1 Å². The van der Waals surface area contributed by atoms with E-state index >= 15 is 0 Å². The number of ether oxygens (including phenoxy) is 1. The molecule has 2 amide bonds. The predicted octanol–water partition coefficient (Wildman–Crippen LogP) is 3.61. The number of rotatable bonds is 8. The van der Waals surface area contributed by atoms with Crippen LogP contribution in [0.15, 0.2) is 72.8 Å². The first kappa shape index (κ1) is 23.0. The molecule has 4 N–H and O–H groups in total. The van der Waals surface area contributed by atoms with Crippen molar-refractivity contribution >= 4 is 23.7 Å². The second-order valence-electron chi connectivity index (χ2n) is 7.87. The fourth-order valence-corrected chi connectivity index (χ4v) is 4.16. The molecule has 0 radical (unpaired) electrons. The highest BCUT2D eigenvalue weighted by Crippen LogP contribution is 2.44. The molecule has 0 aromatic heterocycles. The predicted molar refractivity (Wildman–Crippen MR) is 126 cm³/mol. The van der Waals surface area contributed by atoms with E-state index in [4.69, 9.17) is 9.84 Å². The smallest absolute Gasteiger partial charge is 0.411 e. The van der Waals surface area contributed by atoms with Gasteiger partial charge < -0.3 is 20.3 Å². The molecule has 0 heterocycles. The van der Waals surface area contributed by atoms with E-state index in [0.717, 1.165) is 22.3 Å². The number of aliphatic carboxylic acids is 1. The maximum absolute atomic E-state index is 12.6. The van der Waals surface area contributed by atoms with Gasteiger partial charge in [-0.2, -0.15) is 0 Å². The summed E-state index contributed by atoms with van der Waals surface area (Å²) in [6.07, 6.45) is -0.865. The Morgan fingerprint density at radius 1 is 0.882 bits per heavy atom. The molecule has 3 aromatic rings. The maximum Gasteiger partial charge on any atom is 0.411 e. The summed E-state index contributed by atoms with van der Waals surface area (Å²) in [6, 6.07) is 21.0. The number of carbonyl (C=O) groups excluding carboxylic acids is 2. The van der Waals surface area contributed by atoms with Crippen molar-refractivity contribution in [3.63, 3.8) is 0 Å². The number of carboxylic acids is 1. The molecule has 0 saturated heterocycles. The van der Waals surface area contributed by atoms with Gasteiger partial charge in [-0.05, 0) is 34.4 Å². The van der Waals surface area contributed by atoms with E-state index < -0.39 is 30.6 Å². The highest BCUT2D eigenvalue weighted by atomic mass is 16.5. The fraction of sp³-hybridized carbons (Fsp3) is 0.192. The van der Waals surface area contributed by atoms with Gasteiger partial charge >= 0.3 is 12.1 Å². The van der Waals surface area contributed by atoms with Crippen molar-refractivity contribution in [3.8, 4) is 11.1 Å². The van der Waals surface area contributed by atoms with E-state index in [2.05, 4.69) is 10.6 Å². The molecule has 4 rings (SSSR count). The van der Waals surface area contributed by atoms with Crippen LogP contribution in [0.4, 0.5) is 10.5 Å². The molecule has 1 unspecified atom stereocenters. The number of carbonyl (C=O) groups is 3. The number of anilines is 1. The Labute approximate surface area is 196 Å². The van der Waals surface area contributed by atoms with Crippen molar-refractivity contribution in [1.82, 2.24) is 5.32 Å². The van der Waals surface area contributed by atoms with Gasteiger partial charge in [0.2, 0.25) is 0 Å². The molecule has 8 heteroatoms. The zero-order valence-corrected chi connectivity index (χ0v) is 18.2. The molecular weight excluding hydrogens is 436 g/mol. The third kappa shape index (κ3) is 4.77. The van der Waals surface area contributed by atoms with Gasteiger partial charge in [0.1, 0.15) is 12.6 Å². The lowest BCUT2D eigenvalue weighted by Crippen LogP contribution is -2.41. The van der Waals surface area contributed by atoms with Gasteiger partial charge in [0.25, 0.3) is 5.91 Å². The van der Waals surface area contributed by atoms with Gasteiger partial charge in [-0.15, -0.1) is 0 Å². The third-order valence-corrected chi connectivity index (χ3v) is 5.77. The number of carboxylic acid groups (broad SMARTS) is 1. The summed E-state index contributed by atoms with van der Waals surface area (Å²) in [5.41, 5.74) is 4.67. The number of nitrogens with one attached hydrogen (secondary N) is 2. The van der Waals surface area contributed by atoms with E-state index in [-0.39, 0.29) is 30.2 Å². The minimum absolute atomic E-state index is 0.0835. The van der Waals surface area contributed by atoms with Gasteiger partial charge in [-0.25, -0.2) is 9.59 Å². The molecule has 3 aromatic carbocycles. The van der Waals surface area contributed by atoms with Gasteiger partial charge in [-0.1, -0.05) is 60.7 Å². The van der Waals surface area contributed by atoms with Crippen molar-refractivity contribution in [2.45, 2.75) is 18.4 Å². The quantitative estimate of drug-likeness (QED) is 0.407. The lowest BCUT2D eigenvalue weighted by atomic mass is 9.98. The molecule has 34 heavy (non-hydrogen) atoms. The zero-order chi connectivity index (χ0) is 24.1. The number of amides is 2. The highest BCUT2D eigenvalue weighted by molar-refractivity contribution is 6.03. The van der Waals surface area contributed by atoms with E-state index in [9.17, 15) is 19.5 Å². The average Bonchev–Trinajstić information content (AvgIpc) is 3.16. The molecule has 1 atom stereocenters. The van der Waals surface area contributed by atoms with Crippen LogP contribution in [0.1, 0.15) is 33.8 Å². The van der Waals surface area contributed by atoms with Crippen LogP contribution in [0.5, 0.6) is 0 Å². The molecule has 1 aliphatic carbocycles. The Bertz CT molecular complexity index is 1180. The van der Waals surface area contributed by atoms with Gasteiger partial charge in [-0.3, -0.25) is 10.1 Å². The number of hydrogen-bond acceptors (Lipinski definition) is 5. The van der Waals surface area contributed by atoms with Gasteiger partial charge in [0, 0.05) is 18.9 Å². The Kier molecular flexibility index (Phi) is 6.89.